The van der Waals surface area contributed by atoms with Crippen molar-refractivity contribution < 1.29 is 13.2 Å². The summed E-state index contributed by atoms with van der Waals surface area (Å²) in [5.74, 6) is -0.102. The first-order chi connectivity index (χ1) is 11.9. The van der Waals surface area contributed by atoms with Crippen LogP contribution < -0.4 is 0 Å². The summed E-state index contributed by atoms with van der Waals surface area (Å²) in [4.78, 5) is 14.0. The minimum Gasteiger partial charge on any atom is -0.334 e. The van der Waals surface area contributed by atoms with Crippen LogP contribution in [0.5, 0.6) is 0 Å². The van der Waals surface area contributed by atoms with E-state index in [2.05, 4.69) is 6.07 Å². The summed E-state index contributed by atoms with van der Waals surface area (Å²) >= 11 is 0. The lowest BCUT2D eigenvalue weighted by atomic mass is 9.86. The molecular formula is C18H29N3O3S. The average Bonchev–Trinajstić information content (AvgIpc) is 2.60. The molecule has 25 heavy (non-hydrogen) atoms. The molecule has 1 aliphatic heterocycles. The van der Waals surface area contributed by atoms with Crippen molar-refractivity contribution in [2.45, 2.75) is 88.6 Å². The zero-order valence-electron chi connectivity index (χ0n) is 15.2. The van der Waals surface area contributed by atoms with Crippen LogP contribution in [0.15, 0.2) is 0 Å². The van der Waals surface area contributed by atoms with Crippen molar-refractivity contribution in [1.29, 1.82) is 5.26 Å². The molecule has 3 rings (SSSR count). The molecule has 2 aliphatic carbocycles. The van der Waals surface area contributed by atoms with E-state index in [9.17, 15) is 18.5 Å². The normalized spacial score (nSPS) is 37.2. The molecule has 1 saturated heterocycles. The Hall–Kier alpha value is -1.13. The molecule has 0 bridgehead atoms. The predicted octanol–water partition coefficient (Wildman–Crippen LogP) is 2.26. The fourth-order valence-corrected chi connectivity index (χ4v) is 7.49. The number of nitrogens with zero attached hydrogens (tertiary/aromatic N) is 3. The van der Waals surface area contributed by atoms with Gasteiger partial charge in [0.2, 0.25) is 15.9 Å². The van der Waals surface area contributed by atoms with E-state index in [4.69, 9.17) is 0 Å². The van der Waals surface area contributed by atoms with Gasteiger partial charge in [0.05, 0.1) is 11.3 Å². The lowest BCUT2D eigenvalue weighted by Gasteiger charge is -2.52. The van der Waals surface area contributed by atoms with Crippen molar-refractivity contribution >= 4 is 15.9 Å². The summed E-state index contributed by atoms with van der Waals surface area (Å²) in [6, 6.07) is 2.07. The largest absolute Gasteiger partial charge is 0.334 e. The van der Waals surface area contributed by atoms with Crippen molar-refractivity contribution in [1.82, 2.24) is 9.21 Å². The van der Waals surface area contributed by atoms with E-state index in [0.29, 0.717) is 19.4 Å². The molecular weight excluding hydrogens is 338 g/mol. The Balaban J connectivity index is 1.87. The third kappa shape index (κ3) is 3.43. The predicted molar refractivity (Wildman–Crippen MR) is 95.0 cm³/mol. The molecule has 5 atom stereocenters. The number of sulfonamides is 1. The first kappa shape index (κ1) is 18.7. The lowest BCUT2D eigenvalue weighted by molar-refractivity contribution is -0.139. The zero-order chi connectivity index (χ0) is 18.2. The summed E-state index contributed by atoms with van der Waals surface area (Å²) in [6.45, 7) is 3.93. The topological polar surface area (TPSA) is 81.5 Å². The second kappa shape index (κ2) is 7.24. The maximum Gasteiger partial charge on any atom is 0.220 e. The number of amides is 1. The number of piperazine rings is 1. The maximum absolute atomic E-state index is 13.4. The van der Waals surface area contributed by atoms with Gasteiger partial charge in [-0.1, -0.05) is 19.3 Å². The SMILES string of the molecule is CC(=O)N1C2CCCCC2N(S(=O)(=O)C2CCCC(C#N)C2)C[C@@H]1C. The number of nitriles is 1. The van der Waals surface area contributed by atoms with Crippen LogP contribution >= 0.6 is 0 Å². The summed E-state index contributed by atoms with van der Waals surface area (Å²) in [6.07, 6.45) is 6.49. The minimum absolute atomic E-state index is 0.000120. The molecule has 4 unspecified atom stereocenters. The van der Waals surface area contributed by atoms with Crippen LogP contribution in [0.25, 0.3) is 0 Å². The van der Waals surface area contributed by atoms with E-state index >= 15 is 0 Å². The Kier molecular flexibility index (Phi) is 5.40. The highest BCUT2D eigenvalue weighted by molar-refractivity contribution is 7.89. The van der Waals surface area contributed by atoms with Crippen LogP contribution in [0.2, 0.25) is 0 Å². The highest BCUT2D eigenvalue weighted by atomic mass is 32.2. The van der Waals surface area contributed by atoms with Gasteiger partial charge in [0.15, 0.2) is 0 Å². The van der Waals surface area contributed by atoms with Crippen LogP contribution in [0.1, 0.15) is 65.2 Å². The number of hydrogen-bond acceptors (Lipinski definition) is 4. The van der Waals surface area contributed by atoms with Crippen LogP contribution in [-0.2, 0) is 14.8 Å². The van der Waals surface area contributed by atoms with E-state index in [-0.39, 0.29) is 30.0 Å². The second-order valence-electron chi connectivity index (χ2n) is 7.92. The van der Waals surface area contributed by atoms with Gasteiger partial charge in [0.25, 0.3) is 0 Å². The van der Waals surface area contributed by atoms with E-state index in [1.165, 1.54) is 0 Å². The fourth-order valence-electron chi connectivity index (χ4n) is 5.12. The van der Waals surface area contributed by atoms with E-state index < -0.39 is 15.3 Å². The average molecular weight is 368 g/mol. The molecule has 1 heterocycles. The van der Waals surface area contributed by atoms with Crippen molar-refractivity contribution in [2.75, 3.05) is 6.54 Å². The fraction of sp³-hybridized carbons (Fsp3) is 0.889. The third-order valence-corrected chi connectivity index (χ3v) is 8.60. The summed E-state index contributed by atoms with van der Waals surface area (Å²) in [7, 11) is -3.44. The summed E-state index contributed by atoms with van der Waals surface area (Å²) < 4.78 is 28.5. The number of carbonyl (C=O) groups excluding carboxylic acids is 1. The standard InChI is InChI=1S/C18H29N3O3S/c1-13-12-20(17-8-3-4-9-18(17)21(13)14(2)22)25(23,24)16-7-5-6-15(10-16)11-19/h13,15-18H,3-10,12H2,1-2H3/t13-,15?,16?,17?,18?/m0/s1. The monoisotopic (exact) mass is 367 g/mol. The maximum atomic E-state index is 13.4. The summed E-state index contributed by atoms with van der Waals surface area (Å²) in [5, 5.41) is 8.77. The molecule has 0 aromatic carbocycles. The lowest BCUT2D eigenvalue weighted by Crippen LogP contribution is -2.67. The van der Waals surface area contributed by atoms with Gasteiger partial charge in [0, 0.05) is 37.5 Å². The molecule has 0 radical (unpaired) electrons. The van der Waals surface area contributed by atoms with E-state index in [1.54, 1.807) is 11.2 Å². The molecule has 140 valence electrons. The van der Waals surface area contributed by atoms with Gasteiger partial charge in [-0.25, -0.2) is 8.42 Å². The third-order valence-electron chi connectivity index (χ3n) is 6.26. The molecule has 0 aromatic heterocycles. The molecule has 1 amide bonds. The van der Waals surface area contributed by atoms with Crippen molar-refractivity contribution in [2.24, 2.45) is 5.92 Å². The van der Waals surface area contributed by atoms with Gasteiger partial charge in [0.1, 0.15) is 0 Å². The molecule has 3 fully saturated rings. The number of hydrogen-bond donors (Lipinski definition) is 0. The second-order valence-corrected chi connectivity index (χ2v) is 10.1. The molecule has 0 spiro atoms. The number of carbonyl (C=O) groups is 1. The first-order valence-corrected chi connectivity index (χ1v) is 11.1. The van der Waals surface area contributed by atoms with Crippen molar-refractivity contribution in [3.63, 3.8) is 0 Å². The zero-order valence-corrected chi connectivity index (χ0v) is 16.0. The quantitative estimate of drug-likeness (QED) is 0.750. The Morgan fingerprint density at radius 3 is 2.40 bits per heavy atom. The van der Waals surface area contributed by atoms with Crippen LogP contribution in [0, 0.1) is 17.2 Å². The first-order valence-electron chi connectivity index (χ1n) is 9.55. The Morgan fingerprint density at radius 1 is 1.08 bits per heavy atom. The van der Waals surface area contributed by atoms with Crippen molar-refractivity contribution in [3.8, 4) is 6.07 Å². The number of fused-ring (bicyclic) bond motifs is 1. The molecule has 2 saturated carbocycles. The molecule has 7 heteroatoms. The minimum atomic E-state index is -3.44. The number of rotatable bonds is 2. The van der Waals surface area contributed by atoms with Gasteiger partial charge in [-0.2, -0.15) is 9.57 Å². The van der Waals surface area contributed by atoms with Crippen LogP contribution in [-0.4, -0.2) is 53.5 Å². The van der Waals surface area contributed by atoms with Crippen LogP contribution in [0.3, 0.4) is 0 Å². The van der Waals surface area contributed by atoms with E-state index in [1.807, 2.05) is 11.8 Å². The smallest absolute Gasteiger partial charge is 0.220 e. The van der Waals surface area contributed by atoms with Gasteiger partial charge < -0.3 is 4.90 Å². The van der Waals surface area contributed by atoms with Gasteiger partial charge in [-0.15, -0.1) is 0 Å². The van der Waals surface area contributed by atoms with Crippen LogP contribution in [0.4, 0.5) is 0 Å². The highest BCUT2D eigenvalue weighted by Gasteiger charge is 2.48. The molecule has 0 N–H and O–H groups in total. The Bertz CT molecular complexity index is 657. The molecule has 0 aromatic rings. The Labute approximate surface area is 151 Å². The van der Waals surface area contributed by atoms with Gasteiger partial charge >= 0.3 is 0 Å². The molecule has 3 aliphatic rings. The summed E-state index contributed by atoms with van der Waals surface area (Å²) in [5.41, 5.74) is 0. The van der Waals surface area contributed by atoms with Gasteiger partial charge in [-0.3, -0.25) is 4.79 Å². The Morgan fingerprint density at radius 2 is 1.76 bits per heavy atom. The van der Waals surface area contributed by atoms with Crippen molar-refractivity contribution in [3.05, 3.63) is 0 Å². The van der Waals surface area contributed by atoms with E-state index in [0.717, 1.165) is 38.5 Å². The highest BCUT2D eigenvalue weighted by Crippen LogP contribution is 2.38. The molecule has 6 nitrogen and oxygen atoms in total. The van der Waals surface area contributed by atoms with Gasteiger partial charge in [-0.05, 0) is 39.0 Å².